The van der Waals surface area contributed by atoms with E-state index in [0.29, 0.717) is 5.75 Å². The fourth-order valence-electron chi connectivity index (χ4n) is 0.960. The lowest BCUT2D eigenvalue weighted by molar-refractivity contribution is 0.411. The Hall–Kier alpha value is -0.830. The summed E-state index contributed by atoms with van der Waals surface area (Å²) in [6.45, 7) is 0. The van der Waals surface area contributed by atoms with Crippen molar-refractivity contribution in [1.82, 2.24) is 0 Å². The number of hydrogen-bond acceptors (Lipinski definition) is 3. The average Bonchev–Trinajstić information content (AvgIpc) is 2.09. The van der Waals surface area contributed by atoms with Crippen molar-refractivity contribution in [3.8, 4) is 11.5 Å². The van der Waals surface area contributed by atoms with Gasteiger partial charge in [0.2, 0.25) is 0 Å². The fourth-order valence-corrected chi connectivity index (χ4v) is 1.50. The van der Waals surface area contributed by atoms with Crippen LogP contribution in [0.2, 0.25) is 0 Å². The summed E-state index contributed by atoms with van der Waals surface area (Å²) in [6.07, 6.45) is 2.00. The molecule has 1 rings (SSSR count). The number of benzene rings is 1. The van der Waals surface area contributed by atoms with Crippen LogP contribution in [0, 0.1) is 0 Å². The van der Waals surface area contributed by atoms with Crippen LogP contribution in [0.1, 0.15) is 5.56 Å². The van der Waals surface area contributed by atoms with Crippen molar-refractivity contribution >= 4 is 11.8 Å². The number of rotatable bonds is 3. The van der Waals surface area contributed by atoms with E-state index in [-0.39, 0.29) is 0 Å². The molecule has 12 heavy (non-hydrogen) atoms. The molecule has 0 heterocycles. The number of phenols is 1. The maximum Gasteiger partial charge on any atom is 0.119 e. The van der Waals surface area contributed by atoms with Crippen LogP contribution in [0.15, 0.2) is 18.2 Å². The van der Waals surface area contributed by atoms with Crippen molar-refractivity contribution in [1.29, 1.82) is 0 Å². The van der Waals surface area contributed by atoms with Gasteiger partial charge in [0.1, 0.15) is 11.5 Å². The molecule has 0 fully saturated rings. The fraction of sp³-hybridized carbons (Fsp3) is 0.333. The molecule has 3 heteroatoms. The van der Waals surface area contributed by atoms with Gasteiger partial charge in [-0.2, -0.15) is 11.8 Å². The second-order valence-electron chi connectivity index (χ2n) is 2.43. The predicted octanol–water partition coefficient (Wildman–Crippen LogP) is 2.26. The maximum absolute atomic E-state index is 9.39. The van der Waals surface area contributed by atoms with Gasteiger partial charge in [-0.3, -0.25) is 0 Å². The Bertz CT molecular complexity index is 261. The molecule has 0 spiro atoms. The van der Waals surface area contributed by atoms with Crippen molar-refractivity contribution in [2.75, 3.05) is 13.4 Å². The van der Waals surface area contributed by atoms with Crippen LogP contribution in [0.25, 0.3) is 0 Å². The predicted molar refractivity (Wildman–Crippen MR) is 51.9 cm³/mol. The summed E-state index contributed by atoms with van der Waals surface area (Å²) in [5.74, 6) is 1.94. The van der Waals surface area contributed by atoms with Gasteiger partial charge < -0.3 is 9.84 Å². The van der Waals surface area contributed by atoms with Gasteiger partial charge in [-0.25, -0.2) is 0 Å². The normalized spacial score (nSPS) is 9.83. The monoisotopic (exact) mass is 184 g/mol. The molecule has 66 valence electrons. The molecule has 0 unspecified atom stereocenters. The topological polar surface area (TPSA) is 29.5 Å². The zero-order chi connectivity index (χ0) is 8.97. The first-order valence-electron chi connectivity index (χ1n) is 3.62. The van der Waals surface area contributed by atoms with Gasteiger partial charge in [-0.1, -0.05) is 0 Å². The summed E-state index contributed by atoms with van der Waals surface area (Å²) < 4.78 is 5.04. The molecule has 0 saturated heterocycles. The molecule has 1 aromatic carbocycles. The van der Waals surface area contributed by atoms with Crippen LogP contribution in [0.5, 0.6) is 11.5 Å². The van der Waals surface area contributed by atoms with E-state index in [4.69, 9.17) is 4.74 Å². The molecule has 0 aromatic heterocycles. The third-order valence-corrected chi connectivity index (χ3v) is 2.19. The standard InChI is InChI=1S/C9H12O2S/c1-11-8-3-4-9(10)7(5-8)6-12-2/h3-5,10H,6H2,1-2H3. The van der Waals surface area contributed by atoms with Crippen molar-refractivity contribution in [2.45, 2.75) is 5.75 Å². The van der Waals surface area contributed by atoms with E-state index in [1.54, 1.807) is 31.0 Å². The number of methoxy groups -OCH3 is 1. The molecule has 0 aliphatic heterocycles. The Morgan fingerprint density at radius 1 is 1.50 bits per heavy atom. The van der Waals surface area contributed by atoms with E-state index in [2.05, 4.69) is 0 Å². The summed E-state index contributed by atoms with van der Waals surface area (Å²) in [7, 11) is 1.62. The van der Waals surface area contributed by atoms with Gasteiger partial charge in [0.25, 0.3) is 0 Å². The second kappa shape index (κ2) is 4.26. The van der Waals surface area contributed by atoms with E-state index in [0.717, 1.165) is 17.1 Å². The molecule has 0 radical (unpaired) electrons. The minimum Gasteiger partial charge on any atom is -0.508 e. The molecule has 0 aliphatic carbocycles. The lowest BCUT2D eigenvalue weighted by Gasteiger charge is -2.05. The van der Waals surface area contributed by atoms with Crippen LogP contribution in [0.4, 0.5) is 0 Å². The zero-order valence-corrected chi connectivity index (χ0v) is 8.02. The Morgan fingerprint density at radius 3 is 2.83 bits per heavy atom. The molecule has 0 bridgehead atoms. The molecule has 0 atom stereocenters. The Kier molecular flexibility index (Phi) is 3.29. The summed E-state index contributed by atoms with van der Waals surface area (Å²) in [4.78, 5) is 0. The minimum atomic E-state index is 0.338. The van der Waals surface area contributed by atoms with Gasteiger partial charge in [-0.15, -0.1) is 0 Å². The molecule has 1 N–H and O–H groups in total. The first kappa shape index (κ1) is 9.26. The Balaban J connectivity index is 2.91. The highest BCUT2D eigenvalue weighted by atomic mass is 32.2. The number of thioether (sulfide) groups is 1. The number of phenolic OH excluding ortho intramolecular Hbond substituents is 1. The molecule has 1 aromatic rings. The van der Waals surface area contributed by atoms with Crippen LogP contribution in [0.3, 0.4) is 0 Å². The highest BCUT2D eigenvalue weighted by molar-refractivity contribution is 7.97. The van der Waals surface area contributed by atoms with Crippen LogP contribution < -0.4 is 4.74 Å². The lowest BCUT2D eigenvalue weighted by Crippen LogP contribution is -1.86. The van der Waals surface area contributed by atoms with Crippen LogP contribution >= 0.6 is 11.8 Å². The second-order valence-corrected chi connectivity index (χ2v) is 3.29. The Morgan fingerprint density at radius 2 is 2.25 bits per heavy atom. The van der Waals surface area contributed by atoms with Crippen molar-refractivity contribution in [3.63, 3.8) is 0 Å². The highest BCUT2D eigenvalue weighted by Crippen LogP contribution is 2.25. The van der Waals surface area contributed by atoms with Crippen molar-refractivity contribution < 1.29 is 9.84 Å². The maximum atomic E-state index is 9.39. The van der Waals surface area contributed by atoms with Crippen LogP contribution in [-0.2, 0) is 5.75 Å². The molecule has 2 nitrogen and oxygen atoms in total. The summed E-state index contributed by atoms with van der Waals surface area (Å²) in [6, 6.07) is 5.26. The summed E-state index contributed by atoms with van der Waals surface area (Å²) in [5, 5.41) is 9.39. The minimum absolute atomic E-state index is 0.338. The number of hydrogen-bond donors (Lipinski definition) is 1. The largest absolute Gasteiger partial charge is 0.508 e. The van der Waals surface area contributed by atoms with Gasteiger partial charge in [0, 0.05) is 11.3 Å². The molecular weight excluding hydrogens is 172 g/mol. The van der Waals surface area contributed by atoms with E-state index >= 15 is 0 Å². The number of ether oxygens (including phenoxy) is 1. The molecular formula is C9H12O2S. The first-order chi connectivity index (χ1) is 5.77. The summed E-state index contributed by atoms with van der Waals surface area (Å²) >= 11 is 1.67. The first-order valence-corrected chi connectivity index (χ1v) is 5.02. The van der Waals surface area contributed by atoms with Crippen molar-refractivity contribution in [2.24, 2.45) is 0 Å². The Labute approximate surface area is 76.6 Å². The summed E-state index contributed by atoms with van der Waals surface area (Å²) in [5.41, 5.74) is 0.918. The van der Waals surface area contributed by atoms with E-state index < -0.39 is 0 Å². The molecule has 0 amide bonds. The van der Waals surface area contributed by atoms with E-state index in [9.17, 15) is 5.11 Å². The van der Waals surface area contributed by atoms with E-state index in [1.807, 2.05) is 12.3 Å². The van der Waals surface area contributed by atoms with E-state index in [1.165, 1.54) is 0 Å². The van der Waals surface area contributed by atoms with Gasteiger partial charge >= 0.3 is 0 Å². The van der Waals surface area contributed by atoms with Crippen LogP contribution in [-0.4, -0.2) is 18.5 Å². The third-order valence-electron chi connectivity index (χ3n) is 1.59. The average molecular weight is 184 g/mol. The SMILES string of the molecule is COc1ccc(O)c(CSC)c1. The van der Waals surface area contributed by atoms with Gasteiger partial charge in [-0.05, 0) is 24.5 Å². The van der Waals surface area contributed by atoms with Crippen molar-refractivity contribution in [3.05, 3.63) is 23.8 Å². The molecule has 0 aliphatic rings. The third kappa shape index (κ3) is 2.08. The molecule has 0 saturated carbocycles. The zero-order valence-electron chi connectivity index (χ0n) is 7.20. The highest BCUT2D eigenvalue weighted by Gasteiger charge is 2.01. The lowest BCUT2D eigenvalue weighted by atomic mass is 10.2. The number of aromatic hydroxyl groups is 1. The quantitative estimate of drug-likeness (QED) is 0.781. The van der Waals surface area contributed by atoms with Gasteiger partial charge in [0.05, 0.1) is 7.11 Å². The smallest absolute Gasteiger partial charge is 0.119 e. The van der Waals surface area contributed by atoms with Gasteiger partial charge in [0.15, 0.2) is 0 Å².